The molecule has 1 fully saturated rings. The number of amides is 1. The van der Waals surface area contributed by atoms with Crippen molar-refractivity contribution in [2.75, 3.05) is 20.3 Å². The Balaban J connectivity index is 1.61. The predicted molar refractivity (Wildman–Crippen MR) is 132 cm³/mol. The third-order valence-electron chi connectivity index (χ3n) is 5.93. The van der Waals surface area contributed by atoms with Crippen molar-refractivity contribution >= 4 is 17.4 Å². The van der Waals surface area contributed by atoms with E-state index in [9.17, 15) is 14.7 Å². The van der Waals surface area contributed by atoms with E-state index in [1.165, 1.54) is 4.90 Å². The average Bonchev–Trinajstić information content (AvgIpc) is 3.13. The number of aliphatic hydroxyl groups is 1. The SMILES string of the molecule is COCCCN1C(=O)C(=O)C(=C(O)c2ccc(OCc3cccc(C)c3)cc2)[C@@H]1c1ccncc1. The Kier molecular flexibility index (Phi) is 7.57. The summed E-state index contributed by atoms with van der Waals surface area (Å²) in [6.45, 7) is 3.23. The van der Waals surface area contributed by atoms with Gasteiger partial charge in [-0.3, -0.25) is 14.6 Å². The second-order valence-corrected chi connectivity index (χ2v) is 8.42. The van der Waals surface area contributed by atoms with Crippen LogP contribution in [0.25, 0.3) is 5.76 Å². The molecule has 1 saturated heterocycles. The highest BCUT2D eigenvalue weighted by atomic mass is 16.5. The van der Waals surface area contributed by atoms with Crippen LogP contribution < -0.4 is 4.74 Å². The van der Waals surface area contributed by atoms with Crippen molar-refractivity contribution in [3.05, 3.63) is 101 Å². The molecule has 2 aromatic carbocycles. The predicted octanol–water partition coefficient (Wildman–Crippen LogP) is 4.43. The summed E-state index contributed by atoms with van der Waals surface area (Å²) in [5.41, 5.74) is 3.42. The minimum atomic E-state index is -0.707. The highest BCUT2D eigenvalue weighted by Crippen LogP contribution is 2.39. The monoisotopic (exact) mass is 472 g/mol. The molecule has 1 aliphatic heterocycles. The summed E-state index contributed by atoms with van der Waals surface area (Å²) in [4.78, 5) is 31.4. The summed E-state index contributed by atoms with van der Waals surface area (Å²) < 4.78 is 11.0. The van der Waals surface area contributed by atoms with E-state index in [0.29, 0.717) is 43.1 Å². The van der Waals surface area contributed by atoms with Crippen molar-refractivity contribution in [3.63, 3.8) is 0 Å². The smallest absolute Gasteiger partial charge is 0.295 e. The molecule has 4 rings (SSSR count). The topological polar surface area (TPSA) is 89.0 Å². The maximum Gasteiger partial charge on any atom is 0.295 e. The van der Waals surface area contributed by atoms with Gasteiger partial charge in [0.05, 0.1) is 11.6 Å². The quantitative estimate of drug-likeness (QED) is 0.215. The molecule has 0 aliphatic carbocycles. The lowest BCUT2D eigenvalue weighted by Gasteiger charge is -2.25. The number of aliphatic hydroxyl groups excluding tert-OH is 1. The number of methoxy groups -OCH3 is 1. The van der Waals surface area contributed by atoms with E-state index < -0.39 is 17.7 Å². The highest BCUT2D eigenvalue weighted by Gasteiger charge is 2.45. The van der Waals surface area contributed by atoms with Crippen LogP contribution in [0, 0.1) is 6.92 Å². The largest absolute Gasteiger partial charge is 0.507 e. The molecule has 1 amide bonds. The van der Waals surface area contributed by atoms with E-state index in [-0.39, 0.29) is 11.3 Å². The van der Waals surface area contributed by atoms with Crippen LogP contribution in [0.1, 0.15) is 34.7 Å². The van der Waals surface area contributed by atoms with Crippen LogP contribution >= 0.6 is 0 Å². The van der Waals surface area contributed by atoms with Crippen molar-refractivity contribution < 1.29 is 24.2 Å². The summed E-state index contributed by atoms with van der Waals surface area (Å²) in [6.07, 6.45) is 3.77. The van der Waals surface area contributed by atoms with Gasteiger partial charge in [-0.15, -0.1) is 0 Å². The molecule has 0 bridgehead atoms. The first kappa shape index (κ1) is 24.2. The van der Waals surface area contributed by atoms with Gasteiger partial charge in [-0.2, -0.15) is 0 Å². The summed E-state index contributed by atoms with van der Waals surface area (Å²) in [5, 5.41) is 11.2. The average molecular weight is 473 g/mol. The number of ketones is 1. The normalized spacial score (nSPS) is 17.1. The number of aromatic nitrogens is 1. The number of likely N-dealkylation sites (tertiary alicyclic amines) is 1. The van der Waals surface area contributed by atoms with E-state index in [1.807, 2.05) is 25.1 Å². The Morgan fingerprint density at radius 2 is 1.80 bits per heavy atom. The van der Waals surface area contributed by atoms with Gasteiger partial charge in [0.1, 0.15) is 18.1 Å². The van der Waals surface area contributed by atoms with Gasteiger partial charge in [0, 0.05) is 38.2 Å². The van der Waals surface area contributed by atoms with Gasteiger partial charge >= 0.3 is 0 Å². The number of Topliss-reactive ketones (excluding diaryl/α,β-unsaturated/α-hetero) is 1. The zero-order chi connectivity index (χ0) is 24.8. The first-order chi connectivity index (χ1) is 17.0. The van der Waals surface area contributed by atoms with Crippen LogP contribution in [0.5, 0.6) is 5.75 Å². The fourth-order valence-electron chi connectivity index (χ4n) is 4.22. The molecule has 2 heterocycles. The third kappa shape index (κ3) is 5.41. The number of rotatable bonds is 9. The second-order valence-electron chi connectivity index (χ2n) is 8.42. The first-order valence-electron chi connectivity index (χ1n) is 11.5. The standard InChI is InChI=1S/C28H28N2O5/c1-19-5-3-6-20(17-19)18-35-23-9-7-22(8-10-23)26(31)24-25(21-11-13-29-14-12-21)30(15-4-16-34-2)28(33)27(24)32/h3,5-14,17,25,31H,4,15-16,18H2,1-2H3/t25-/m0/s1. The minimum Gasteiger partial charge on any atom is -0.507 e. The zero-order valence-corrected chi connectivity index (χ0v) is 19.8. The van der Waals surface area contributed by atoms with Gasteiger partial charge in [0.15, 0.2) is 0 Å². The fraction of sp³-hybridized carbons (Fsp3) is 0.250. The Morgan fingerprint density at radius 1 is 1.06 bits per heavy atom. The molecular formula is C28H28N2O5. The van der Waals surface area contributed by atoms with Crippen LogP contribution in [-0.2, 0) is 20.9 Å². The number of hydrogen-bond acceptors (Lipinski definition) is 6. The van der Waals surface area contributed by atoms with Crippen LogP contribution in [0.4, 0.5) is 0 Å². The van der Waals surface area contributed by atoms with Gasteiger partial charge in [0.2, 0.25) is 0 Å². The number of carbonyl (C=O) groups excluding carboxylic acids is 2. The molecule has 7 nitrogen and oxygen atoms in total. The molecule has 0 spiro atoms. The molecule has 3 aromatic rings. The summed E-state index contributed by atoms with van der Waals surface area (Å²) in [6, 6.07) is 17.7. The zero-order valence-electron chi connectivity index (χ0n) is 19.8. The van der Waals surface area contributed by atoms with Crippen molar-refractivity contribution in [3.8, 4) is 5.75 Å². The van der Waals surface area contributed by atoms with E-state index in [1.54, 1.807) is 55.9 Å². The van der Waals surface area contributed by atoms with Crippen molar-refractivity contribution in [2.45, 2.75) is 26.0 Å². The van der Waals surface area contributed by atoms with Crippen LogP contribution in [0.2, 0.25) is 0 Å². The molecule has 7 heteroatoms. The van der Waals surface area contributed by atoms with Gasteiger partial charge in [-0.05, 0) is 60.9 Å². The van der Waals surface area contributed by atoms with Gasteiger partial charge < -0.3 is 19.5 Å². The molecule has 35 heavy (non-hydrogen) atoms. The van der Waals surface area contributed by atoms with Gasteiger partial charge in [-0.25, -0.2) is 0 Å². The Morgan fingerprint density at radius 3 is 2.49 bits per heavy atom. The Bertz CT molecular complexity index is 1220. The van der Waals surface area contributed by atoms with E-state index in [4.69, 9.17) is 9.47 Å². The maximum atomic E-state index is 13.0. The third-order valence-corrected chi connectivity index (χ3v) is 5.93. The molecule has 180 valence electrons. The lowest BCUT2D eigenvalue weighted by molar-refractivity contribution is -0.140. The number of hydrogen-bond donors (Lipinski definition) is 1. The van der Waals surface area contributed by atoms with E-state index >= 15 is 0 Å². The number of benzene rings is 2. The van der Waals surface area contributed by atoms with Crippen molar-refractivity contribution in [1.29, 1.82) is 0 Å². The molecule has 1 N–H and O–H groups in total. The summed E-state index contributed by atoms with van der Waals surface area (Å²) in [5.74, 6) is -0.928. The second kappa shape index (κ2) is 11.0. The van der Waals surface area contributed by atoms with Crippen LogP contribution in [-0.4, -0.2) is 46.9 Å². The maximum absolute atomic E-state index is 13.0. The fourth-order valence-corrected chi connectivity index (χ4v) is 4.22. The lowest BCUT2D eigenvalue weighted by Crippen LogP contribution is -2.31. The number of aryl methyl sites for hydroxylation is 1. The van der Waals surface area contributed by atoms with Gasteiger partial charge in [-0.1, -0.05) is 29.8 Å². The lowest BCUT2D eigenvalue weighted by atomic mass is 9.96. The van der Waals surface area contributed by atoms with Gasteiger partial charge in [0.25, 0.3) is 11.7 Å². The molecular weight excluding hydrogens is 444 g/mol. The number of pyridine rings is 1. The minimum absolute atomic E-state index is 0.0621. The molecule has 1 atom stereocenters. The number of carbonyl (C=O) groups is 2. The Hall–Kier alpha value is -3.97. The molecule has 0 saturated carbocycles. The summed E-state index contributed by atoms with van der Waals surface area (Å²) in [7, 11) is 1.59. The highest BCUT2D eigenvalue weighted by molar-refractivity contribution is 6.46. The number of ether oxygens (including phenoxy) is 2. The molecule has 1 aromatic heterocycles. The first-order valence-corrected chi connectivity index (χ1v) is 11.5. The Labute approximate surface area is 204 Å². The summed E-state index contributed by atoms with van der Waals surface area (Å²) >= 11 is 0. The van der Waals surface area contributed by atoms with E-state index in [2.05, 4.69) is 11.1 Å². The van der Waals surface area contributed by atoms with Crippen molar-refractivity contribution in [2.24, 2.45) is 0 Å². The number of nitrogens with zero attached hydrogens (tertiary/aromatic N) is 2. The van der Waals surface area contributed by atoms with Crippen LogP contribution in [0.3, 0.4) is 0 Å². The molecule has 0 unspecified atom stereocenters. The van der Waals surface area contributed by atoms with Crippen molar-refractivity contribution in [1.82, 2.24) is 9.88 Å². The van der Waals surface area contributed by atoms with Crippen LogP contribution in [0.15, 0.2) is 78.6 Å². The molecule has 1 aliphatic rings. The van der Waals surface area contributed by atoms with E-state index in [0.717, 1.165) is 11.1 Å². The molecule has 0 radical (unpaired) electrons.